The van der Waals surface area contributed by atoms with Gasteiger partial charge in [0.15, 0.2) is 11.5 Å². The van der Waals surface area contributed by atoms with Crippen LogP contribution in [0.1, 0.15) is 17.2 Å². The number of hydrogen-bond donors (Lipinski definition) is 2. The van der Waals surface area contributed by atoms with E-state index in [2.05, 4.69) is 0 Å². The summed E-state index contributed by atoms with van der Waals surface area (Å²) in [6.07, 6.45) is 0. The summed E-state index contributed by atoms with van der Waals surface area (Å²) in [5.74, 6) is -0.900. The molecule has 2 aromatic rings. The maximum Gasteiger partial charge on any atom is 0.295 e. The topological polar surface area (TPSA) is 106 Å². The Morgan fingerprint density at radius 1 is 1.17 bits per heavy atom. The Kier molecular flexibility index (Phi) is 4.85. The van der Waals surface area contributed by atoms with Crippen LogP contribution in [0, 0.1) is 0 Å². The van der Waals surface area contributed by atoms with Crippen molar-refractivity contribution >= 4 is 17.4 Å². The van der Waals surface area contributed by atoms with E-state index in [-0.39, 0.29) is 37.0 Å². The molecule has 1 fully saturated rings. The molecule has 1 unspecified atom stereocenters. The Bertz CT molecular complexity index is 1010. The number of likely N-dealkylation sites (tertiary alicyclic amines) is 1. The molecule has 0 radical (unpaired) electrons. The van der Waals surface area contributed by atoms with Gasteiger partial charge in [-0.15, -0.1) is 0 Å². The summed E-state index contributed by atoms with van der Waals surface area (Å²) in [5.41, 5.74) is 0.766. The van der Waals surface area contributed by atoms with Crippen molar-refractivity contribution in [1.29, 1.82) is 0 Å². The lowest BCUT2D eigenvalue weighted by molar-refractivity contribution is -0.140. The highest BCUT2D eigenvalue weighted by atomic mass is 16.7. The number of aliphatic hydroxyl groups is 1. The Balaban J connectivity index is 1.85. The Hall–Kier alpha value is -3.52. The molecular formula is C21H19NO7. The lowest BCUT2D eigenvalue weighted by atomic mass is 9.95. The van der Waals surface area contributed by atoms with Gasteiger partial charge >= 0.3 is 0 Å². The third-order valence-electron chi connectivity index (χ3n) is 4.91. The number of ether oxygens (including phenoxy) is 3. The maximum absolute atomic E-state index is 12.8. The quantitative estimate of drug-likeness (QED) is 0.453. The highest BCUT2D eigenvalue weighted by Crippen LogP contribution is 2.41. The lowest BCUT2D eigenvalue weighted by Gasteiger charge is -2.25. The van der Waals surface area contributed by atoms with E-state index in [9.17, 15) is 19.8 Å². The minimum Gasteiger partial charge on any atom is -0.508 e. The van der Waals surface area contributed by atoms with Crippen LogP contribution in [-0.4, -0.2) is 53.9 Å². The molecule has 29 heavy (non-hydrogen) atoms. The standard InChI is InChI=1S/C21H19NO7/c1-27-8-7-22-18(12-3-2-4-14(23)9-12)17(20(25)21(22)26)19(24)13-5-6-15-16(10-13)29-11-28-15/h2-6,9-10,18,23-24H,7-8,11H2,1H3/b19-17-. The number of phenols is 1. The summed E-state index contributed by atoms with van der Waals surface area (Å²) in [6.45, 7) is 0.440. The third kappa shape index (κ3) is 3.27. The second-order valence-electron chi connectivity index (χ2n) is 6.65. The summed E-state index contributed by atoms with van der Waals surface area (Å²) in [7, 11) is 1.49. The smallest absolute Gasteiger partial charge is 0.295 e. The molecule has 2 heterocycles. The van der Waals surface area contributed by atoms with E-state index in [0.29, 0.717) is 22.6 Å². The van der Waals surface area contributed by atoms with Gasteiger partial charge in [-0.25, -0.2) is 0 Å². The zero-order chi connectivity index (χ0) is 20.5. The average Bonchev–Trinajstić information content (AvgIpc) is 3.28. The fourth-order valence-corrected chi connectivity index (χ4v) is 3.54. The number of carbonyl (C=O) groups excluding carboxylic acids is 2. The van der Waals surface area contributed by atoms with Crippen molar-refractivity contribution in [3.8, 4) is 17.2 Å². The lowest BCUT2D eigenvalue weighted by Crippen LogP contribution is -2.32. The van der Waals surface area contributed by atoms with E-state index in [1.54, 1.807) is 30.3 Å². The van der Waals surface area contributed by atoms with Crippen molar-refractivity contribution in [1.82, 2.24) is 4.90 Å². The molecule has 0 bridgehead atoms. The molecule has 0 saturated carbocycles. The van der Waals surface area contributed by atoms with Crippen molar-refractivity contribution in [3.63, 3.8) is 0 Å². The first-order valence-electron chi connectivity index (χ1n) is 8.97. The van der Waals surface area contributed by atoms with Gasteiger partial charge in [0, 0.05) is 19.2 Å². The van der Waals surface area contributed by atoms with Crippen molar-refractivity contribution in [2.75, 3.05) is 27.1 Å². The highest BCUT2D eigenvalue weighted by molar-refractivity contribution is 6.46. The third-order valence-corrected chi connectivity index (χ3v) is 4.91. The van der Waals surface area contributed by atoms with Crippen LogP contribution in [0.3, 0.4) is 0 Å². The first-order chi connectivity index (χ1) is 14.0. The van der Waals surface area contributed by atoms with E-state index in [0.717, 1.165) is 0 Å². The molecule has 0 spiro atoms. The molecular weight excluding hydrogens is 378 g/mol. The van der Waals surface area contributed by atoms with Gasteiger partial charge in [-0.3, -0.25) is 9.59 Å². The second kappa shape index (κ2) is 7.48. The summed E-state index contributed by atoms with van der Waals surface area (Å²) in [6, 6.07) is 10.2. The molecule has 2 aliphatic heterocycles. The van der Waals surface area contributed by atoms with Crippen LogP contribution in [0.5, 0.6) is 17.2 Å². The number of ketones is 1. The van der Waals surface area contributed by atoms with Gasteiger partial charge in [0.2, 0.25) is 6.79 Å². The van der Waals surface area contributed by atoms with Gasteiger partial charge in [-0.05, 0) is 35.9 Å². The number of fused-ring (bicyclic) bond motifs is 1. The zero-order valence-electron chi connectivity index (χ0n) is 15.6. The number of phenolic OH excluding ortho intramolecular Hbond substituents is 1. The minimum atomic E-state index is -0.859. The number of benzene rings is 2. The average molecular weight is 397 g/mol. The first kappa shape index (κ1) is 18.8. The number of aromatic hydroxyl groups is 1. The number of amides is 1. The monoisotopic (exact) mass is 397 g/mol. The number of rotatable bonds is 5. The summed E-state index contributed by atoms with van der Waals surface area (Å²) >= 11 is 0. The van der Waals surface area contributed by atoms with Gasteiger partial charge in [-0.2, -0.15) is 0 Å². The predicted octanol–water partition coefficient (Wildman–Crippen LogP) is 2.19. The zero-order valence-corrected chi connectivity index (χ0v) is 15.6. The van der Waals surface area contributed by atoms with Gasteiger partial charge in [0.25, 0.3) is 11.7 Å². The van der Waals surface area contributed by atoms with Crippen molar-refractivity contribution in [2.24, 2.45) is 0 Å². The van der Waals surface area contributed by atoms with Crippen LogP contribution >= 0.6 is 0 Å². The predicted molar refractivity (Wildman–Crippen MR) is 102 cm³/mol. The number of carbonyl (C=O) groups is 2. The van der Waals surface area contributed by atoms with E-state index >= 15 is 0 Å². The van der Waals surface area contributed by atoms with Gasteiger partial charge in [-0.1, -0.05) is 12.1 Å². The molecule has 1 amide bonds. The number of nitrogens with zero attached hydrogens (tertiary/aromatic N) is 1. The van der Waals surface area contributed by atoms with Gasteiger partial charge in [0.1, 0.15) is 11.5 Å². The molecule has 0 aromatic heterocycles. The molecule has 1 atom stereocenters. The maximum atomic E-state index is 12.8. The molecule has 150 valence electrons. The van der Waals surface area contributed by atoms with Crippen LogP contribution in [0.25, 0.3) is 5.76 Å². The minimum absolute atomic E-state index is 0.0112. The SMILES string of the molecule is COCCN1C(=O)C(=O)/C(=C(\O)c2ccc3c(c2)OCO3)C1c1cccc(O)c1. The van der Waals surface area contributed by atoms with Crippen LogP contribution < -0.4 is 9.47 Å². The number of methoxy groups -OCH3 is 1. The van der Waals surface area contributed by atoms with Crippen molar-refractivity contribution in [3.05, 3.63) is 59.2 Å². The largest absolute Gasteiger partial charge is 0.508 e. The van der Waals surface area contributed by atoms with Crippen LogP contribution in [-0.2, 0) is 14.3 Å². The normalized spacial score (nSPS) is 19.8. The number of aliphatic hydroxyl groups excluding tert-OH is 1. The number of Topliss-reactive ketones (excluding diaryl/α,β-unsaturated/α-hetero) is 1. The number of hydrogen-bond acceptors (Lipinski definition) is 7. The summed E-state index contributed by atoms with van der Waals surface area (Å²) in [4.78, 5) is 26.8. The van der Waals surface area contributed by atoms with Crippen molar-refractivity contribution in [2.45, 2.75) is 6.04 Å². The summed E-state index contributed by atoms with van der Waals surface area (Å²) in [5, 5.41) is 20.9. The van der Waals surface area contributed by atoms with Crippen molar-refractivity contribution < 1.29 is 34.0 Å². The first-order valence-corrected chi connectivity index (χ1v) is 8.97. The van der Waals surface area contributed by atoms with Crippen LogP contribution in [0.2, 0.25) is 0 Å². The molecule has 2 aliphatic rings. The van der Waals surface area contributed by atoms with E-state index in [1.807, 2.05) is 0 Å². The molecule has 0 aliphatic carbocycles. The molecule has 8 nitrogen and oxygen atoms in total. The fraction of sp³-hybridized carbons (Fsp3) is 0.238. The molecule has 4 rings (SSSR count). The summed E-state index contributed by atoms with van der Waals surface area (Å²) < 4.78 is 15.7. The Morgan fingerprint density at radius 2 is 1.97 bits per heavy atom. The van der Waals surface area contributed by atoms with E-state index in [4.69, 9.17) is 14.2 Å². The highest BCUT2D eigenvalue weighted by Gasteiger charge is 2.46. The molecule has 8 heteroatoms. The second-order valence-corrected chi connectivity index (χ2v) is 6.65. The molecule has 1 saturated heterocycles. The van der Waals surface area contributed by atoms with Crippen LogP contribution in [0.15, 0.2) is 48.0 Å². The molecule has 2 N–H and O–H groups in total. The fourth-order valence-electron chi connectivity index (χ4n) is 3.54. The van der Waals surface area contributed by atoms with Gasteiger partial charge in [0.05, 0.1) is 18.2 Å². The Morgan fingerprint density at radius 3 is 2.72 bits per heavy atom. The molecule has 2 aromatic carbocycles. The Labute approximate surface area is 166 Å². The van der Waals surface area contributed by atoms with E-state index in [1.165, 1.54) is 24.1 Å². The van der Waals surface area contributed by atoms with E-state index < -0.39 is 17.7 Å². The van der Waals surface area contributed by atoms with Crippen LogP contribution in [0.4, 0.5) is 0 Å². The van der Waals surface area contributed by atoms with Gasteiger partial charge < -0.3 is 29.3 Å².